The highest BCUT2D eigenvalue weighted by molar-refractivity contribution is 9.09. The van der Waals surface area contributed by atoms with Gasteiger partial charge in [-0.25, -0.2) is 0 Å². The van der Waals surface area contributed by atoms with Gasteiger partial charge in [-0.15, -0.1) is 13.2 Å². The SMILES string of the molecule is Cn1c(CCBr)c(-c2cccc(OC(F)(F)F)c2)cc(C#N)c1=O. The van der Waals surface area contributed by atoms with Crippen LogP contribution >= 0.6 is 15.9 Å². The van der Waals surface area contributed by atoms with Crippen molar-refractivity contribution in [2.45, 2.75) is 12.8 Å². The molecule has 0 fully saturated rings. The highest BCUT2D eigenvalue weighted by Crippen LogP contribution is 2.30. The normalized spacial score (nSPS) is 11.2. The van der Waals surface area contributed by atoms with E-state index in [1.807, 2.05) is 6.07 Å². The van der Waals surface area contributed by atoms with Gasteiger partial charge in [0.25, 0.3) is 5.56 Å². The molecule has 0 aliphatic heterocycles. The van der Waals surface area contributed by atoms with Crippen LogP contribution < -0.4 is 10.3 Å². The van der Waals surface area contributed by atoms with Gasteiger partial charge in [-0.1, -0.05) is 28.1 Å². The summed E-state index contributed by atoms with van der Waals surface area (Å²) >= 11 is 3.29. The third-order valence-electron chi connectivity index (χ3n) is 3.37. The van der Waals surface area contributed by atoms with Gasteiger partial charge in [-0.3, -0.25) is 4.79 Å². The first-order chi connectivity index (χ1) is 11.3. The van der Waals surface area contributed by atoms with Gasteiger partial charge in [0.15, 0.2) is 0 Å². The van der Waals surface area contributed by atoms with E-state index in [2.05, 4.69) is 20.7 Å². The maximum atomic E-state index is 12.4. The zero-order valence-electron chi connectivity index (χ0n) is 12.5. The number of nitriles is 1. The molecule has 1 aromatic heterocycles. The monoisotopic (exact) mass is 400 g/mol. The Hall–Kier alpha value is -2.27. The molecule has 0 aliphatic carbocycles. The molecule has 8 heteroatoms. The first-order valence-corrected chi connectivity index (χ1v) is 7.94. The van der Waals surface area contributed by atoms with Crippen LogP contribution in [0.3, 0.4) is 0 Å². The van der Waals surface area contributed by atoms with Crippen LogP contribution in [0.5, 0.6) is 5.75 Å². The number of hydrogen-bond donors (Lipinski definition) is 0. The van der Waals surface area contributed by atoms with Crippen molar-refractivity contribution in [3.63, 3.8) is 0 Å². The van der Waals surface area contributed by atoms with Crippen molar-refractivity contribution < 1.29 is 17.9 Å². The lowest BCUT2D eigenvalue weighted by Gasteiger charge is -2.15. The molecule has 0 N–H and O–H groups in total. The summed E-state index contributed by atoms with van der Waals surface area (Å²) in [7, 11) is 1.53. The second-order valence-electron chi connectivity index (χ2n) is 4.91. The van der Waals surface area contributed by atoms with Gasteiger partial charge in [0.2, 0.25) is 0 Å². The zero-order valence-corrected chi connectivity index (χ0v) is 14.1. The second kappa shape index (κ2) is 7.09. The minimum absolute atomic E-state index is 0.0760. The van der Waals surface area contributed by atoms with Gasteiger partial charge in [-0.2, -0.15) is 5.26 Å². The Morgan fingerprint density at radius 3 is 2.62 bits per heavy atom. The zero-order chi connectivity index (χ0) is 17.9. The van der Waals surface area contributed by atoms with E-state index in [0.29, 0.717) is 28.6 Å². The van der Waals surface area contributed by atoms with E-state index in [4.69, 9.17) is 5.26 Å². The van der Waals surface area contributed by atoms with Crippen LogP contribution in [-0.4, -0.2) is 16.3 Å². The topological polar surface area (TPSA) is 55.0 Å². The smallest absolute Gasteiger partial charge is 0.406 e. The lowest BCUT2D eigenvalue weighted by Crippen LogP contribution is -2.24. The molecule has 0 saturated carbocycles. The van der Waals surface area contributed by atoms with Crippen molar-refractivity contribution in [3.05, 3.63) is 51.9 Å². The van der Waals surface area contributed by atoms with E-state index < -0.39 is 11.9 Å². The molecule has 4 nitrogen and oxygen atoms in total. The molecule has 1 heterocycles. The predicted octanol–water partition coefficient (Wildman–Crippen LogP) is 3.76. The summed E-state index contributed by atoms with van der Waals surface area (Å²) < 4.78 is 42.5. The molecule has 0 atom stereocenters. The number of ether oxygens (including phenoxy) is 1. The molecule has 2 aromatic rings. The third-order valence-corrected chi connectivity index (χ3v) is 3.77. The average Bonchev–Trinajstić information content (AvgIpc) is 2.51. The van der Waals surface area contributed by atoms with Gasteiger partial charge in [0, 0.05) is 23.6 Å². The van der Waals surface area contributed by atoms with Gasteiger partial charge < -0.3 is 9.30 Å². The van der Waals surface area contributed by atoms with Gasteiger partial charge in [0.1, 0.15) is 17.4 Å². The molecule has 2 rings (SSSR count). The molecular formula is C16H12BrF3N2O2. The summed E-state index contributed by atoms with van der Waals surface area (Å²) in [6, 6.07) is 8.65. The first kappa shape index (κ1) is 18.1. The Morgan fingerprint density at radius 1 is 1.33 bits per heavy atom. The number of nitrogens with zero attached hydrogens (tertiary/aromatic N) is 2. The third kappa shape index (κ3) is 3.97. The van der Waals surface area contributed by atoms with Crippen LogP contribution in [-0.2, 0) is 13.5 Å². The molecule has 0 amide bonds. The Bertz CT molecular complexity index is 854. The molecule has 0 saturated heterocycles. The van der Waals surface area contributed by atoms with Crippen molar-refractivity contribution >= 4 is 15.9 Å². The summed E-state index contributed by atoms with van der Waals surface area (Å²) in [5.41, 5.74) is 1.04. The molecule has 0 spiro atoms. The number of hydrogen-bond acceptors (Lipinski definition) is 3. The Kier molecular flexibility index (Phi) is 5.34. The van der Waals surface area contributed by atoms with Crippen LogP contribution in [0.2, 0.25) is 0 Å². The Labute approximate surface area is 144 Å². The molecule has 0 unspecified atom stereocenters. The van der Waals surface area contributed by atoms with E-state index >= 15 is 0 Å². The van der Waals surface area contributed by atoms with Crippen molar-refractivity contribution in [2.24, 2.45) is 7.05 Å². The maximum absolute atomic E-state index is 12.4. The largest absolute Gasteiger partial charge is 0.573 e. The van der Waals surface area contributed by atoms with Crippen LogP contribution in [0.25, 0.3) is 11.1 Å². The highest BCUT2D eigenvalue weighted by Gasteiger charge is 2.31. The van der Waals surface area contributed by atoms with Crippen molar-refractivity contribution in [3.8, 4) is 22.9 Å². The molecule has 0 bridgehead atoms. The lowest BCUT2D eigenvalue weighted by molar-refractivity contribution is -0.274. The number of rotatable bonds is 4. The molecule has 0 radical (unpaired) electrons. The minimum Gasteiger partial charge on any atom is -0.406 e. The molecule has 126 valence electrons. The highest BCUT2D eigenvalue weighted by atomic mass is 79.9. The molecule has 1 aromatic carbocycles. The molecular weight excluding hydrogens is 389 g/mol. The predicted molar refractivity (Wildman–Crippen MR) is 86.0 cm³/mol. The van der Waals surface area contributed by atoms with E-state index in [-0.39, 0.29) is 11.3 Å². The van der Waals surface area contributed by atoms with Gasteiger partial charge in [0.05, 0.1) is 0 Å². The van der Waals surface area contributed by atoms with Gasteiger partial charge in [-0.05, 0) is 30.2 Å². The van der Waals surface area contributed by atoms with Crippen LogP contribution in [0.4, 0.5) is 13.2 Å². The molecule has 24 heavy (non-hydrogen) atoms. The molecule has 0 aliphatic rings. The van der Waals surface area contributed by atoms with E-state index in [9.17, 15) is 18.0 Å². The quantitative estimate of drug-likeness (QED) is 0.734. The number of aromatic nitrogens is 1. The minimum atomic E-state index is -4.79. The number of benzene rings is 1. The maximum Gasteiger partial charge on any atom is 0.573 e. The van der Waals surface area contributed by atoms with Crippen LogP contribution in [0, 0.1) is 11.3 Å². The summed E-state index contributed by atoms with van der Waals surface area (Å²) in [5.74, 6) is -0.364. The summed E-state index contributed by atoms with van der Waals surface area (Å²) in [4.78, 5) is 12.1. The Morgan fingerprint density at radius 2 is 2.04 bits per heavy atom. The van der Waals surface area contributed by atoms with Gasteiger partial charge >= 0.3 is 6.36 Å². The van der Waals surface area contributed by atoms with Crippen LogP contribution in [0.1, 0.15) is 11.3 Å². The second-order valence-corrected chi connectivity index (χ2v) is 5.70. The standard InChI is InChI=1S/C16H12BrF3N2O2/c1-22-14(5-6-17)13(8-11(9-21)15(22)23)10-3-2-4-12(7-10)24-16(18,19)20/h2-4,7-8H,5-6H2,1H3. The lowest BCUT2D eigenvalue weighted by atomic mass is 10.00. The Balaban J connectivity index is 2.63. The van der Waals surface area contributed by atoms with Crippen molar-refractivity contribution in [1.29, 1.82) is 5.26 Å². The number of pyridine rings is 1. The fraction of sp³-hybridized carbons (Fsp3) is 0.250. The van der Waals surface area contributed by atoms with E-state index in [0.717, 1.165) is 0 Å². The number of halogens is 4. The van der Waals surface area contributed by atoms with Crippen LogP contribution in [0.15, 0.2) is 35.1 Å². The first-order valence-electron chi connectivity index (χ1n) is 6.82. The number of alkyl halides is 4. The summed E-state index contributed by atoms with van der Waals surface area (Å²) in [6.45, 7) is 0. The van der Waals surface area contributed by atoms with E-state index in [1.165, 1.54) is 35.9 Å². The average molecular weight is 401 g/mol. The summed E-state index contributed by atoms with van der Waals surface area (Å²) in [5, 5.41) is 9.65. The summed E-state index contributed by atoms with van der Waals surface area (Å²) in [6.07, 6.45) is -4.32. The van der Waals surface area contributed by atoms with E-state index in [1.54, 1.807) is 6.07 Å². The van der Waals surface area contributed by atoms with Crippen molar-refractivity contribution in [2.75, 3.05) is 5.33 Å². The van der Waals surface area contributed by atoms with Crippen molar-refractivity contribution in [1.82, 2.24) is 4.57 Å². The fourth-order valence-electron chi connectivity index (χ4n) is 2.36. The fourth-order valence-corrected chi connectivity index (χ4v) is 2.73.